The number of halogens is 2. The largest absolute Gasteiger partial charge is 0.456 e. The molecule has 3 aromatic rings. The molecule has 0 atom stereocenters. The molecule has 144 valence electrons. The minimum absolute atomic E-state index is 0.0322. The van der Waals surface area contributed by atoms with Gasteiger partial charge >= 0.3 is 5.97 Å². The van der Waals surface area contributed by atoms with Crippen molar-refractivity contribution >= 4 is 29.2 Å². The highest BCUT2D eigenvalue weighted by molar-refractivity contribution is 6.31. The van der Waals surface area contributed by atoms with Crippen molar-refractivity contribution in [3.8, 4) is 5.69 Å². The van der Waals surface area contributed by atoms with Crippen molar-refractivity contribution < 1.29 is 18.7 Å². The van der Waals surface area contributed by atoms with E-state index < -0.39 is 18.5 Å². The first-order valence-electron chi connectivity index (χ1n) is 8.36. The second-order valence-corrected chi connectivity index (χ2v) is 6.24. The predicted octanol–water partition coefficient (Wildman–Crippen LogP) is 3.17. The Bertz CT molecular complexity index is 979. The first-order valence-corrected chi connectivity index (χ1v) is 8.74. The summed E-state index contributed by atoms with van der Waals surface area (Å²) in [7, 11) is 0. The van der Waals surface area contributed by atoms with E-state index in [-0.39, 0.29) is 18.7 Å². The summed E-state index contributed by atoms with van der Waals surface area (Å²) < 4.78 is 20.0. The van der Waals surface area contributed by atoms with Gasteiger partial charge in [0.05, 0.1) is 11.4 Å². The number of carbonyl (C=O) groups excluding carboxylic acids is 2. The van der Waals surface area contributed by atoms with Gasteiger partial charge in [-0.05, 0) is 36.2 Å². The van der Waals surface area contributed by atoms with Crippen molar-refractivity contribution in [2.45, 2.75) is 12.8 Å². The van der Waals surface area contributed by atoms with E-state index in [9.17, 15) is 14.0 Å². The number of esters is 1. The molecule has 0 spiro atoms. The highest BCUT2D eigenvalue weighted by Gasteiger charge is 2.13. The first kappa shape index (κ1) is 19.5. The van der Waals surface area contributed by atoms with Crippen molar-refractivity contribution in [1.29, 1.82) is 0 Å². The molecule has 1 aromatic heterocycles. The lowest BCUT2D eigenvalue weighted by Gasteiger charge is -2.11. The van der Waals surface area contributed by atoms with Crippen LogP contribution in [0.25, 0.3) is 5.69 Å². The monoisotopic (exact) mass is 402 g/mol. The molecule has 9 heteroatoms. The first-order chi connectivity index (χ1) is 13.5. The molecule has 0 fully saturated rings. The van der Waals surface area contributed by atoms with Crippen molar-refractivity contribution in [2.75, 3.05) is 11.9 Å². The third-order valence-electron chi connectivity index (χ3n) is 3.82. The van der Waals surface area contributed by atoms with Crippen molar-refractivity contribution in [1.82, 2.24) is 14.8 Å². The van der Waals surface area contributed by atoms with E-state index in [0.717, 1.165) is 0 Å². The number of rotatable bonds is 7. The van der Waals surface area contributed by atoms with Crippen molar-refractivity contribution in [3.05, 3.63) is 71.5 Å². The normalized spacial score (nSPS) is 10.5. The molecule has 0 aliphatic heterocycles. The number of hydrogen-bond donors (Lipinski definition) is 1. The van der Waals surface area contributed by atoms with Crippen LogP contribution in [0.1, 0.15) is 12.0 Å². The molecule has 2 aromatic carbocycles. The van der Waals surface area contributed by atoms with Gasteiger partial charge in [0.15, 0.2) is 6.61 Å². The zero-order valence-corrected chi connectivity index (χ0v) is 15.4. The molecule has 3 rings (SSSR count). The van der Waals surface area contributed by atoms with Crippen LogP contribution in [0.5, 0.6) is 0 Å². The van der Waals surface area contributed by atoms with Gasteiger partial charge in [0.1, 0.15) is 18.5 Å². The van der Waals surface area contributed by atoms with Gasteiger partial charge in [0, 0.05) is 11.4 Å². The van der Waals surface area contributed by atoms with E-state index in [1.54, 1.807) is 36.4 Å². The van der Waals surface area contributed by atoms with Gasteiger partial charge < -0.3 is 10.1 Å². The highest BCUT2D eigenvalue weighted by Crippen LogP contribution is 2.23. The predicted molar refractivity (Wildman–Crippen MR) is 101 cm³/mol. The van der Waals surface area contributed by atoms with Crippen LogP contribution >= 0.6 is 11.6 Å². The average Bonchev–Trinajstić information content (AvgIpc) is 3.20. The van der Waals surface area contributed by atoms with Crippen LogP contribution in [0.2, 0.25) is 5.02 Å². The molecule has 0 unspecified atom stereocenters. The van der Waals surface area contributed by atoms with Gasteiger partial charge in [0.25, 0.3) is 5.91 Å². The highest BCUT2D eigenvalue weighted by atomic mass is 35.5. The Hall–Kier alpha value is -3.26. The number of hydrogen-bond acceptors (Lipinski definition) is 5. The number of benzene rings is 2. The van der Waals surface area contributed by atoms with E-state index in [0.29, 0.717) is 22.0 Å². The van der Waals surface area contributed by atoms with E-state index in [1.807, 2.05) is 0 Å². The average molecular weight is 403 g/mol. The molecule has 7 nitrogen and oxygen atoms in total. The van der Waals surface area contributed by atoms with Gasteiger partial charge in [-0.3, -0.25) is 9.59 Å². The summed E-state index contributed by atoms with van der Waals surface area (Å²) in [5.74, 6) is -1.52. The number of aromatic nitrogens is 3. The van der Waals surface area contributed by atoms with Gasteiger partial charge in [-0.15, -0.1) is 0 Å². The second kappa shape index (κ2) is 9.09. The standard InChI is InChI=1S/C19H16ClFN4O3/c20-14-6-7-17(25-12-22-11-23-25)16(9-14)24-18(26)10-28-19(27)8-5-13-3-1-2-4-15(13)21/h1-4,6-7,9,11-12H,5,8,10H2,(H,24,26). The molecular weight excluding hydrogens is 387 g/mol. The zero-order valence-electron chi connectivity index (χ0n) is 14.6. The number of nitrogens with zero attached hydrogens (tertiary/aromatic N) is 3. The lowest BCUT2D eigenvalue weighted by atomic mass is 10.1. The van der Waals surface area contributed by atoms with Crippen LogP contribution in [0, 0.1) is 5.82 Å². The SMILES string of the molecule is O=C(COC(=O)CCc1ccccc1F)Nc1cc(Cl)ccc1-n1cncn1. The van der Waals surface area contributed by atoms with Crippen LogP contribution in [-0.2, 0) is 20.7 Å². The Morgan fingerprint density at radius 2 is 2.04 bits per heavy atom. The summed E-state index contributed by atoms with van der Waals surface area (Å²) in [4.78, 5) is 27.8. The van der Waals surface area contributed by atoms with Crippen LogP contribution in [0.4, 0.5) is 10.1 Å². The number of aryl methyl sites for hydroxylation is 1. The van der Waals surface area contributed by atoms with Crippen molar-refractivity contribution in [3.63, 3.8) is 0 Å². The Labute approximate surface area is 165 Å². The molecule has 1 N–H and O–H groups in total. The molecular formula is C19H16ClFN4O3. The molecule has 0 saturated carbocycles. The van der Waals surface area contributed by atoms with E-state index in [1.165, 1.54) is 23.4 Å². The second-order valence-electron chi connectivity index (χ2n) is 5.80. The summed E-state index contributed by atoms with van der Waals surface area (Å²) in [5, 5.41) is 7.06. The summed E-state index contributed by atoms with van der Waals surface area (Å²) in [6.45, 7) is -0.473. The molecule has 0 aliphatic rings. The molecule has 0 aliphatic carbocycles. The quantitative estimate of drug-likeness (QED) is 0.613. The third kappa shape index (κ3) is 5.14. The topological polar surface area (TPSA) is 86.1 Å². The Morgan fingerprint density at radius 3 is 2.79 bits per heavy atom. The van der Waals surface area contributed by atoms with Gasteiger partial charge in [0.2, 0.25) is 0 Å². The maximum Gasteiger partial charge on any atom is 0.306 e. The number of anilines is 1. The van der Waals surface area contributed by atoms with Gasteiger partial charge in [-0.2, -0.15) is 5.10 Å². The molecule has 0 saturated heterocycles. The Kier molecular flexibility index (Phi) is 6.33. The van der Waals surface area contributed by atoms with Crippen LogP contribution < -0.4 is 5.32 Å². The Morgan fingerprint density at radius 1 is 1.21 bits per heavy atom. The molecule has 0 radical (unpaired) electrons. The fourth-order valence-electron chi connectivity index (χ4n) is 2.48. The maximum absolute atomic E-state index is 13.5. The summed E-state index contributed by atoms with van der Waals surface area (Å²) >= 11 is 5.99. The number of carbonyl (C=O) groups is 2. The number of ether oxygens (including phenoxy) is 1. The lowest BCUT2D eigenvalue weighted by molar-refractivity contribution is -0.147. The lowest BCUT2D eigenvalue weighted by Crippen LogP contribution is -2.22. The Balaban J connectivity index is 1.54. The smallest absolute Gasteiger partial charge is 0.306 e. The summed E-state index contributed by atoms with van der Waals surface area (Å²) in [6, 6.07) is 11.1. The number of nitrogens with one attached hydrogen (secondary N) is 1. The van der Waals surface area contributed by atoms with Crippen LogP contribution in [-0.4, -0.2) is 33.2 Å². The third-order valence-corrected chi connectivity index (χ3v) is 4.05. The number of amides is 1. The van der Waals surface area contributed by atoms with Crippen LogP contribution in [0.15, 0.2) is 55.1 Å². The van der Waals surface area contributed by atoms with E-state index in [4.69, 9.17) is 16.3 Å². The van der Waals surface area contributed by atoms with E-state index in [2.05, 4.69) is 15.4 Å². The fourth-order valence-corrected chi connectivity index (χ4v) is 2.66. The molecule has 0 bridgehead atoms. The van der Waals surface area contributed by atoms with Gasteiger partial charge in [-0.25, -0.2) is 14.1 Å². The van der Waals surface area contributed by atoms with Crippen LogP contribution in [0.3, 0.4) is 0 Å². The molecule has 28 heavy (non-hydrogen) atoms. The summed E-state index contributed by atoms with van der Waals surface area (Å²) in [6.07, 6.45) is 2.99. The fraction of sp³-hybridized carbons (Fsp3) is 0.158. The molecule has 1 amide bonds. The molecule has 1 heterocycles. The minimum Gasteiger partial charge on any atom is -0.456 e. The maximum atomic E-state index is 13.5. The summed E-state index contributed by atoms with van der Waals surface area (Å²) in [5.41, 5.74) is 1.37. The van der Waals surface area contributed by atoms with E-state index >= 15 is 0 Å². The zero-order chi connectivity index (χ0) is 19.9. The van der Waals surface area contributed by atoms with Crippen molar-refractivity contribution in [2.24, 2.45) is 0 Å². The minimum atomic E-state index is -0.596. The van der Waals surface area contributed by atoms with Gasteiger partial charge in [-0.1, -0.05) is 29.8 Å².